The zero-order valence-electron chi connectivity index (χ0n) is 16.6. The number of nitrogens with one attached hydrogen (secondary N) is 1. The molecular formula is C23H19N3O4S. The zero-order valence-corrected chi connectivity index (χ0v) is 17.5. The highest BCUT2D eigenvalue weighted by molar-refractivity contribution is 8.00. The maximum atomic E-state index is 12.5. The summed E-state index contributed by atoms with van der Waals surface area (Å²) in [7, 11) is 0. The standard InChI is InChI=1S/C23H19N3O4S/c1-15-7-8-17(13-20(15)26(29)30)22(28)24-18-11-9-16(10-12-18)23-25(21(27)14-31-23)19-5-3-2-4-6-19/h2-13,23H,14H2,1H3,(H,24,28)/t23-/m1/s1. The number of rotatable bonds is 5. The molecule has 31 heavy (non-hydrogen) atoms. The lowest BCUT2D eigenvalue weighted by Gasteiger charge is -2.24. The van der Waals surface area contributed by atoms with Crippen LogP contribution >= 0.6 is 11.8 Å². The van der Waals surface area contributed by atoms with E-state index in [0.717, 1.165) is 11.3 Å². The van der Waals surface area contributed by atoms with Crippen LogP contribution in [-0.4, -0.2) is 22.5 Å². The maximum Gasteiger partial charge on any atom is 0.273 e. The highest BCUT2D eigenvalue weighted by Gasteiger charge is 2.33. The molecule has 2 amide bonds. The lowest BCUT2D eigenvalue weighted by Crippen LogP contribution is -2.27. The molecule has 0 spiro atoms. The minimum Gasteiger partial charge on any atom is -0.322 e. The van der Waals surface area contributed by atoms with Gasteiger partial charge in [0, 0.05) is 28.6 Å². The third-order valence-corrected chi connectivity index (χ3v) is 6.24. The Kier molecular flexibility index (Phi) is 5.73. The molecule has 4 rings (SSSR count). The lowest BCUT2D eigenvalue weighted by molar-refractivity contribution is -0.385. The van der Waals surface area contributed by atoms with Gasteiger partial charge in [-0.3, -0.25) is 24.6 Å². The number of nitro benzene ring substituents is 1. The van der Waals surface area contributed by atoms with E-state index in [4.69, 9.17) is 0 Å². The molecule has 0 saturated carbocycles. The number of carbonyl (C=O) groups excluding carboxylic acids is 2. The second-order valence-corrected chi connectivity index (χ2v) is 8.17. The molecular weight excluding hydrogens is 414 g/mol. The van der Waals surface area contributed by atoms with E-state index in [2.05, 4.69) is 5.32 Å². The number of hydrogen-bond donors (Lipinski definition) is 1. The molecule has 1 fully saturated rings. The van der Waals surface area contributed by atoms with Crippen molar-refractivity contribution in [3.05, 3.63) is 99.6 Å². The van der Waals surface area contributed by atoms with Gasteiger partial charge in [0.05, 0.1) is 10.7 Å². The molecule has 7 nitrogen and oxygen atoms in total. The molecule has 1 aliphatic heterocycles. The van der Waals surface area contributed by atoms with Crippen LogP contribution in [0.1, 0.15) is 26.9 Å². The fourth-order valence-electron chi connectivity index (χ4n) is 3.42. The van der Waals surface area contributed by atoms with Crippen LogP contribution in [-0.2, 0) is 4.79 Å². The molecule has 0 radical (unpaired) electrons. The van der Waals surface area contributed by atoms with Crippen LogP contribution in [0, 0.1) is 17.0 Å². The van der Waals surface area contributed by atoms with Gasteiger partial charge in [0.25, 0.3) is 11.6 Å². The van der Waals surface area contributed by atoms with Gasteiger partial charge in [-0.2, -0.15) is 0 Å². The summed E-state index contributed by atoms with van der Waals surface area (Å²) in [5.41, 5.74) is 2.99. The monoisotopic (exact) mass is 433 g/mol. The Labute approximate surface area is 183 Å². The number of nitro groups is 1. The number of anilines is 2. The van der Waals surface area contributed by atoms with Gasteiger partial charge in [-0.05, 0) is 42.8 Å². The second kappa shape index (κ2) is 8.61. The Morgan fingerprint density at radius 2 is 1.81 bits per heavy atom. The van der Waals surface area contributed by atoms with E-state index in [0.29, 0.717) is 17.0 Å². The Hall–Kier alpha value is -3.65. The van der Waals surface area contributed by atoms with E-state index < -0.39 is 10.8 Å². The summed E-state index contributed by atoms with van der Waals surface area (Å²) in [5.74, 6) is 0.0382. The SMILES string of the molecule is Cc1ccc(C(=O)Nc2ccc([C@H]3SCC(=O)N3c3ccccc3)cc2)cc1[N+](=O)[O-]. The minimum absolute atomic E-state index is 0.0551. The first-order valence-corrected chi connectivity index (χ1v) is 10.6. The molecule has 0 aliphatic carbocycles. The Morgan fingerprint density at radius 3 is 2.48 bits per heavy atom. The van der Waals surface area contributed by atoms with E-state index >= 15 is 0 Å². The topological polar surface area (TPSA) is 92.6 Å². The van der Waals surface area contributed by atoms with Crippen LogP contribution < -0.4 is 10.2 Å². The first-order chi connectivity index (χ1) is 14.9. The number of hydrogen-bond acceptors (Lipinski definition) is 5. The number of amides is 2. The van der Waals surface area contributed by atoms with Crippen LogP contribution in [0.2, 0.25) is 0 Å². The number of para-hydroxylation sites is 1. The van der Waals surface area contributed by atoms with Crippen molar-refractivity contribution in [2.75, 3.05) is 16.0 Å². The quantitative estimate of drug-likeness (QED) is 0.455. The number of aryl methyl sites for hydroxylation is 1. The van der Waals surface area contributed by atoms with Crippen molar-refractivity contribution < 1.29 is 14.5 Å². The van der Waals surface area contributed by atoms with Crippen molar-refractivity contribution in [1.29, 1.82) is 0 Å². The molecule has 1 N–H and O–H groups in total. The smallest absolute Gasteiger partial charge is 0.273 e. The van der Waals surface area contributed by atoms with Gasteiger partial charge >= 0.3 is 0 Å². The fourth-order valence-corrected chi connectivity index (χ4v) is 4.60. The van der Waals surface area contributed by atoms with Crippen molar-refractivity contribution >= 4 is 40.6 Å². The molecule has 1 saturated heterocycles. The molecule has 1 heterocycles. The summed E-state index contributed by atoms with van der Waals surface area (Å²) in [4.78, 5) is 37.4. The lowest BCUT2D eigenvalue weighted by atomic mass is 10.1. The number of thioether (sulfide) groups is 1. The third-order valence-electron chi connectivity index (χ3n) is 5.02. The summed E-state index contributed by atoms with van der Waals surface area (Å²) in [6.07, 6.45) is 0. The predicted octanol–water partition coefficient (Wildman–Crippen LogP) is 4.93. The third kappa shape index (κ3) is 4.29. The molecule has 0 bridgehead atoms. The van der Waals surface area contributed by atoms with Gasteiger partial charge in [-0.25, -0.2) is 0 Å². The molecule has 0 aromatic heterocycles. The van der Waals surface area contributed by atoms with Crippen molar-refractivity contribution in [3.8, 4) is 0 Å². The van der Waals surface area contributed by atoms with Crippen molar-refractivity contribution in [3.63, 3.8) is 0 Å². The van der Waals surface area contributed by atoms with Gasteiger partial charge in [-0.1, -0.05) is 36.4 Å². The molecule has 3 aromatic rings. The van der Waals surface area contributed by atoms with E-state index in [1.165, 1.54) is 6.07 Å². The minimum atomic E-state index is -0.500. The molecule has 0 unspecified atom stereocenters. The van der Waals surface area contributed by atoms with Gasteiger partial charge < -0.3 is 5.32 Å². The van der Waals surface area contributed by atoms with Crippen molar-refractivity contribution in [2.24, 2.45) is 0 Å². The van der Waals surface area contributed by atoms with Crippen LogP contribution in [0.15, 0.2) is 72.8 Å². The van der Waals surface area contributed by atoms with E-state index in [-0.39, 0.29) is 22.5 Å². The van der Waals surface area contributed by atoms with Gasteiger partial charge in [0.15, 0.2) is 0 Å². The first kappa shape index (κ1) is 20.6. The van der Waals surface area contributed by atoms with E-state index in [1.807, 2.05) is 42.5 Å². The van der Waals surface area contributed by atoms with Crippen LogP contribution in [0.25, 0.3) is 0 Å². The summed E-state index contributed by atoms with van der Waals surface area (Å²) in [5, 5.41) is 13.7. The summed E-state index contributed by atoms with van der Waals surface area (Å²) in [6, 6.07) is 21.2. The highest BCUT2D eigenvalue weighted by Crippen LogP contribution is 2.41. The Balaban J connectivity index is 1.51. The number of nitrogens with zero attached hydrogens (tertiary/aromatic N) is 2. The average Bonchev–Trinajstić information content (AvgIpc) is 3.16. The molecule has 8 heteroatoms. The largest absolute Gasteiger partial charge is 0.322 e. The van der Waals surface area contributed by atoms with Crippen molar-refractivity contribution in [1.82, 2.24) is 0 Å². The Bertz CT molecular complexity index is 1150. The molecule has 1 aliphatic rings. The fraction of sp³-hybridized carbons (Fsp3) is 0.130. The summed E-state index contributed by atoms with van der Waals surface area (Å²) in [6.45, 7) is 1.63. The number of benzene rings is 3. The first-order valence-electron chi connectivity index (χ1n) is 9.59. The van der Waals surface area contributed by atoms with Gasteiger partial charge in [0.2, 0.25) is 5.91 Å². The maximum absolute atomic E-state index is 12.5. The average molecular weight is 433 g/mol. The normalized spacial score (nSPS) is 15.7. The van der Waals surface area contributed by atoms with Crippen molar-refractivity contribution in [2.45, 2.75) is 12.3 Å². The predicted molar refractivity (Wildman–Crippen MR) is 121 cm³/mol. The molecule has 3 aromatic carbocycles. The second-order valence-electron chi connectivity index (χ2n) is 7.10. The Morgan fingerprint density at radius 1 is 1.10 bits per heavy atom. The highest BCUT2D eigenvalue weighted by atomic mass is 32.2. The summed E-state index contributed by atoms with van der Waals surface area (Å²) < 4.78 is 0. The number of carbonyl (C=O) groups is 2. The van der Waals surface area contributed by atoms with Crippen LogP contribution in [0.4, 0.5) is 17.1 Å². The zero-order chi connectivity index (χ0) is 22.0. The van der Waals surface area contributed by atoms with Gasteiger partial charge in [0.1, 0.15) is 5.37 Å². The summed E-state index contributed by atoms with van der Waals surface area (Å²) >= 11 is 1.55. The van der Waals surface area contributed by atoms with E-state index in [1.54, 1.807) is 47.9 Å². The van der Waals surface area contributed by atoms with Crippen LogP contribution in [0.3, 0.4) is 0 Å². The molecule has 1 atom stereocenters. The van der Waals surface area contributed by atoms with Crippen LogP contribution in [0.5, 0.6) is 0 Å². The van der Waals surface area contributed by atoms with E-state index in [9.17, 15) is 19.7 Å². The van der Waals surface area contributed by atoms with Gasteiger partial charge in [-0.15, -0.1) is 11.8 Å². The molecule has 156 valence electrons.